The van der Waals surface area contributed by atoms with E-state index in [1.807, 2.05) is 50.4 Å². The second kappa shape index (κ2) is 6.50. The first-order valence-corrected chi connectivity index (χ1v) is 9.09. The van der Waals surface area contributed by atoms with Crippen LogP contribution >= 0.6 is 11.3 Å². The molecule has 2 heterocycles. The van der Waals surface area contributed by atoms with E-state index >= 15 is 0 Å². The monoisotopic (exact) mass is 332 g/mol. The van der Waals surface area contributed by atoms with E-state index < -0.39 is 10.8 Å². The summed E-state index contributed by atoms with van der Waals surface area (Å²) in [5.74, 6) is 0.505. The van der Waals surface area contributed by atoms with Crippen molar-refractivity contribution < 1.29 is 4.21 Å². The summed E-state index contributed by atoms with van der Waals surface area (Å²) < 4.78 is 14.2. The second-order valence-corrected chi connectivity index (χ2v) is 8.01. The van der Waals surface area contributed by atoms with Gasteiger partial charge in [0.05, 0.1) is 33.6 Å². The van der Waals surface area contributed by atoms with Crippen LogP contribution in [-0.2, 0) is 16.6 Å². The van der Waals surface area contributed by atoms with Gasteiger partial charge in [-0.2, -0.15) is 0 Å². The number of rotatable bonds is 5. The summed E-state index contributed by atoms with van der Waals surface area (Å²) in [7, 11) is -1.04. The lowest BCUT2D eigenvalue weighted by Gasteiger charge is -2.06. The average Bonchev–Trinajstić information content (AvgIpc) is 3.17. The molecule has 0 amide bonds. The second-order valence-electron chi connectivity index (χ2n) is 4.94. The minimum Gasteiger partial charge on any atom is -0.259 e. The molecule has 0 radical (unpaired) electrons. The SMILES string of the molecule is Cc1ncc(C[S@@](=O)[C@@H](C)c2cn(-c3ccccc3)nn2)s1. The molecule has 0 aliphatic heterocycles. The molecule has 2 atom stereocenters. The molecule has 0 fully saturated rings. The maximum atomic E-state index is 12.5. The molecule has 0 aliphatic carbocycles. The summed E-state index contributed by atoms with van der Waals surface area (Å²) >= 11 is 1.59. The van der Waals surface area contributed by atoms with Gasteiger partial charge >= 0.3 is 0 Å². The highest BCUT2D eigenvalue weighted by Crippen LogP contribution is 2.23. The molecule has 0 aliphatic rings. The topological polar surface area (TPSA) is 60.7 Å². The van der Waals surface area contributed by atoms with Gasteiger partial charge in [0, 0.05) is 21.9 Å². The van der Waals surface area contributed by atoms with Gasteiger partial charge in [0.2, 0.25) is 0 Å². The lowest BCUT2D eigenvalue weighted by atomic mass is 10.3. The van der Waals surface area contributed by atoms with Gasteiger partial charge < -0.3 is 0 Å². The van der Waals surface area contributed by atoms with Crippen LogP contribution in [0.25, 0.3) is 5.69 Å². The molecule has 5 nitrogen and oxygen atoms in total. The van der Waals surface area contributed by atoms with Crippen LogP contribution in [0, 0.1) is 6.92 Å². The summed E-state index contributed by atoms with van der Waals surface area (Å²) in [5, 5.41) is 9.12. The van der Waals surface area contributed by atoms with E-state index in [-0.39, 0.29) is 5.25 Å². The van der Waals surface area contributed by atoms with Crippen molar-refractivity contribution in [2.24, 2.45) is 0 Å². The number of hydrogen-bond acceptors (Lipinski definition) is 5. The Balaban J connectivity index is 1.73. The maximum absolute atomic E-state index is 12.5. The number of aryl methyl sites for hydroxylation is 1. The summed E-state index contributed by atoms with van der Waals surface area (Å²) in [4.78, 5) is 5.24. The molecule has 22 heavy (non-hydrogen) atoms. The third-order valence-electron chi connectivity index (χ3n) is 3.30. The molecule has 0 saturated heterocycles. The lowest BCUT2D eigenvalue weighted by Crippen LogP contribution is -2.05. The van der Waals surface area contributed by atoms with Crippen LogP contribution in [0.5, 0.6) is 0 Å². The first-order valence-electron chi connectivity index (χ1n) is 6.89. The van der Waals surface area contributed by atoms with Gasteiger partial charge in [-0.3, -0.25) is 4.21 Å². The number of hydrogen-bond donors (Lipinski definition) is 0. The Bertz CT molecular complexity index is 782. The third kappa shape index (κ3) is 3.31. The van der Waals surface area contributed by atoms with E-state index in [9.17, 15) is 4.21 Å². The van der Waals surface area contributed by atoms with Crippen LogP contribution in [0.15, 0.2) is 42.7 Å². The Kier molecular flexibility index (Phi) is 4.44. The fraction of sp³-hybridized carbons (Fsp3) is 0.267. The summed E-state index contributed by atoms with van der Waals surface area (Å²) in [6.45, 7) is 3.87. The molecule has 0 unspecified atom stereocenters. The highest BCUT2D eigenvalue weighted by atomic mass is 32.2. The molecular weight excluding hydrogens is 316 g/mol. The van der Waals surface area contributed by atoms with Crippen LogP contribution in [0.3, 0.4) is 0 Å². The molecule has 0 bridgehead atoms. The standard InChI is InChI=1S/C15H16N4OS2/c1-11(22(20)10-14-8-16-12(2)21-14)15-9-19(18-17-15)13-6-4-3-5-7-13/h3-9,11H,10H2,1-2H3/t11-,22+/m0/s1. The average molecular weight is 332 g/mol. The molecule has 0 N–H and O–H groups in total. The third-order valence-corrected chi connectivity index (χ3v) is 6.02. The largest absolute Gasteiger partial charge is 0.259 e. The van der Waals surface area contributed by atoms with Crippen molar-refractivity contribution in [1.82, 2.24) is 20.0 Å². The zero-order valence-corrected chi connectivity index (χ0v) is 14.0. The zero-order valence-electron chi connectivity index (χ0n) is 12.3. The molecule has 1 aromatic carbocycles. The maximum Gasteiger partial charge on any atom is 0.0984 e. The van der Waals surface area contributed by atoms with E-state index in [4.69, 9.17) is 0 Å². The normalized spacial score (nSPS) is 13.9. The predicted octanol–water partition coefficient (Wildman–Crippen LogP) is 3.04. The predicted molar refractivity (Wildman–Crippen MR) is 88.5 cm³/mol. The summed E-state index contributed by atoms with van der Waals surface area (Å²) in [5.41, 5.74) is 1.68. The molecule has 0 saturated carbocycles. The van der Waals surface area contributed by atoms with Gasteiger partial charge in [0.15, 0.2) is 0 Å². The van der Waals surface area contributed by atoms with E-state index in [2.05, 4.69) is 15.3 Å². The lowest BCUT2D eigenvalue weighted by molar-refractivity contribution is 0.674. The Labute approximate surface area is 135 Å². The van der Waals surface area contributed by atoms with Crippen LogP contribution in [0.1, 0.15) is 27.8 Å². The van der Waals surface area contributed by atoms with Gasteiger partial charge in [0.1, 0.15) is 0 Å². The molecule has 2 aromatic heterocycles. The van der Waals surface area contributed by atoms with Crippen molar-refractivity contribution in [3.05, 3.63) is 58.3 Å². The summed E-state index contributed by atoms with van der Waals surface area (Å²) in [6, 6.07) is 9.77. The number of aromatic nitrogens is 4. The number of benzene rings is 1. The van der Waals surface area contributed by atoms with Crippen molar-refractivity contribution >= 4 is 22.1 Å². The Hall–Kier alpha value is -1.86. The fourth-order valence-corrected chi connectivity index (χ4v) is 4.20. The van der Waals surface area contributed by atoms with Crippen molar-refractivity contribution in [2.75, 3.05) is 0 Å². The van der Waals surface area contributed by atoms with E-state index in [0.717, 1.165) is 21.3 Å². The first kappa shape index (κ1) is 15.1. The molecule has 114 valence electrons. The Morgan fingerprint density at radius 2 is 2.09 bits per heavy atom. The highest BCUT2D eigenvalue weighted by molar-refractivity contribution is 7.84. The van der Waals surface area contributed by atoms with Crippen LogP contribution in [0.2, 0.25) is 0 Å². The van der Waals surface area contributed by atoms with E-state index in [0.29, 0.717) is 5.75 Å². The Morgan fingerprint density at radius 3 is 2.77 bits per heavy atom. The number of nitrogens with zero attached hydrogens (tertiary/aromatic N) is 4. The van der Waals surface area contributed by atoms with Crippen molar-refractivity contribution in [3.63, 3.8) is 0 Å². The van der Waals surface area contributed by atoms with Gasteiger partial charge in [0.25, 0.3) is 0 Å². The number of para-hydroxylation sites is 1. The first-order chi connectivity index (χ1) is 10.6. The van der Waals surface area contributed by atoms with Gasteiger partial charge in [-0.25, -0.2) is 9.67 Å². The summed E-state index contributed by atoms with van der Waals surface area (Å²) in [6.07, 6.45) is 3.64. The fourth-order valence-electron chi connectivity index (χ4n) is 2.04. The van der Waals surface area contributed by atoms with Crippen LogP contribution < -0.4 is 0 Å². The minimum atomic E-state index is -1.04. The van der Waals surface area contributed by atoms with E-state index in [1.165, 1.54) is 0 Å². The van der Waals surface area contributed by atoms with Crippen molar-refractivity contribution in [3.8, 4) is 5.69 Å². The van der Waals surface area contributed by atoms with Crippen LogP contribution in [-0.4, -0.2) is 24.2 Å². The van der Waals surface area contributed by atoms with Crippen molar-refractivity contribution in [1.29, 1.82) is 0 Å². The molecule has 0 spiro atoms. The zero-order chi connectivity index (χ0) is 15.5. The molecule has 7 heteroatoms. The van der Waals surface area contributed by atoms with Gasteiger partial charge in [-0.15, -0.1) is 16.4 Å². The molecular formula is C15H16N4OS2. The van der Waals surface area contributed by atoms with Gasteiger partial charge in [-0.05, 0) is 26.0 Å². The van der Waals surface area contributed by atoms with Crippen LogP contribution in [0.4, 0.5) is 0 Å². The van der Waals surface area contributed by atoms with Crippen molar-refractivity contribution in [2.45, 2.75) is 24.9 Å². The van der Waals surface area contributed by atoms with Gasteiger partial charge in [-0.1, -0.05) is 23.4 Å². The molecule has 3 aromatic rings. The highest BCUT2D eigenvalue weighted by Gasteiger charge is 2.18. The quantitative estimate of drug-likeness (QED) is 0.720. The Morgan fingerprint density at radius 1 is 1.32 bits per heavy atom. The minimum absolute atomic E-state index is 0.167. The van der Waals surface area contributed by atoms with E-state index in [1.54, 1.807) is 22.2 Å². The smallest absolute Gasteiger partial charge is 0.0984 e. The molecule has 3 rings (SSSR count). The number of thiazole rings is 1.